The fourth-order valence-electron chi connectivity index (χ4n) is 1.73. The lowest BCUT2D eigenvalue weighted by Crippen LogP contribution is -2.12. The predicted molar refractivity (Wildman–Crippen MR) is 70.5 cm³/mol. The van der Waals surface area contributed by atoms with Gasteiger partial charge in [0.15, 0.2) is 5.75 Å². The number of halogens is 2. The summed E-state index contributed by atoms with van der Waals surface area (Å²) in [6, 6.07) is 4.53. The molecule has 1 aliphatic carbocycles. The maximum atomic E-state index is 10.6. The van der Waals surface area contributed by atoms with Crippen LogP contribution >= 0.6 is 23.2 Å². The Morgan fingerprint density at radius 2 is 2.00 bits per heavy atom. The van der Waals surface area contributed by atoms with E-state index in [1.54, 1.807) is 0 Å². The third-order valence-electron chi connectivity index (χ3n) is 3.13. The monoisotopic (exact) mass is 300 g/mol. The maximum absolute atomic E-state index is 10.6. The first-order valence-electron chi connectivity index (χ1n) is 5.61. The fourth-order valence-corrected chi connectivity index (χ4v) is 2.32. The van der Waals surface area contributed by atoms with Crippen LogP contribution in [0.15, 0.2) is 12.1 Å². The van der Waals surface area contributed by atoms with E-state index in [0.29, 0.717) is 13.0 Å². The van der Waals surface area contributed by atoms with Crippen molar-refractivity contribution in [3.05, 3.63) is 32.3 Å². The van der Waals surface area contributed by atoms with Crippen LogP contribution in [0.2, 0.25) is 10.0 Å². The lowest BCUT2D eigenvalue weighted by Gasteiger charge is -2.14. The number of nitro benzene ring substituents is 1. The third-order valence-corrected chi connectivity index (χ3v) is 3.69. The predicted octanol–water partition coefficient (Wildman–Crippen LogP) is 3.97. The molecule has 19 heavy (non-hydrogen) atoms. The van der Waals surface area contributed by atoms with Gasteiger partial charge in [0.25, 0.3) is 5.69 Å². The number of nitrogens with zero attached hydrogens (tertiary/aromatic N) is 2. The van der Waals surface area contributed by atoms with E-state index in [4.69, 9.17) is 33.2 Å². The molecule has 0 aromatic heterocycles. The van der Waals surface area contributed by atoms with Gasteiger partial charge in [-0.25, -0.2) is 0 Å². The van der Waals surface area contributed by atoms with Gasteiger partial charge in [-0.2, -0.15) is 5.26 Å². The molecule has 100 valence electrons. The zero-order valence-electron chi connectivity index (χ0n) is 9.86. The Morgan fingerprint density at radius 1 is 1.42 bits per heavy atom. The number of hydrogen-bond acceptors (Lipinski definition) is 4. The summed E-state index contributed by atoms with van der Waals surface area (Å²) in [5.74, 6) is 0.234. The minimum Gasteiger partial charge on any atom is -0.490 e. The lowest BCUT2D eigenvalue weighted by molar-refractivity contribution is -0.384. The van der Waals surface area contributed by atoms with Crippen molar-refractivity contribution in [2.75, 3.05) is 6.61 Å². The van der Waals surface area contributed by atoms with Crippen molar-refractivity contribution in [3.63, 3.8) is 0 Å². The Morgan fingerprint density at radius 3 is 2.42 bits per heavy atom. The first kappa shape index (κ1) is 13.9. The molecular weight excluding hydrogens is 291 g/mol. The van der Waals surface area contributed by atoms with E-state index >= 15 is 0 Å². The van der Waals surface area contributed by atoms with Crippen molar-refractivity contribution in [1.82, 2.24) is 0 Å². The zero-order valence-corrected chi connectivity index (χ0v) is 11.4. The number of rotatable bonds is 5. The van der Waals surface area contributed by atoms with Gasteiger partial charge < -0.3 is 4.74 Å². The minimum atomic E-state index is -0.570. The molecular formula is C12H10Cl2N2O3. The third kappa shape index (κ3) is 3.09. The van der Waals surface area contributed by atoms with E-state index in [-0.39, 0.29) is 26.9 Å². The Kier molecular flexibility index (Phi) is 3.83. The highest BCUT2D eigenvalue weighted by Gasteiger charge is 2.43. The molecule has 0 saturated heterocycles. The molecule has 1 aromatic carbocycles. The molecule has 0 bridgehead atoms. The van der Waals surface area contributed by atoms with Gasteiger partial charge in [-0.3, -0.25) is 10.1 Å². The largest absolute Gasteiger partial charge is 0.490 e. The molecule has 0 unspecified atom stereocenters. The molecule has 0 aliphatic heterocycles. The molecule has 0 amide bonds. The van der Waals surface area contributed by atoms with Gasteiger partial charge in [0.1, 0.15) is 0 Å². The standard InChI is InChI=1S/C12H10Cl2N2O3/c13-9-5-8(16(17)18)6-10(14)11(9)19-7-12(1-2-12)3-4-15/h5-6H,1-3,7H2. The normalized spacial score (nSPS) is 15.6. The first-order chi connectivity index (χ1) is 8.97. The van der Waals surface area contributed by atoms with Gasteiger partial charge >= 0.3 is 0 Å². The molecule has 2 rings (SSSR count). The molecule has 0 spiro atoms. The Hall–Kier alpha value is -1.51. The Bertz CT molecular complexity index is 542. The highest BCUT2D eigenvalue weighted by atomic mass is 35.5. The average Bonchev–Trinajstić information content (AvgIpc) is 3.08. The number of nitriles is 1. The summed E-state index contributed by atoms with van der Waals surface area (Å²) in [7, 11) is 0. The van der Waals surface area contributed by atoms with Gasteiger partial charge in [-0.05, 0) is 12.8 Å². The van der Waals surface area contributed by atoms with Crippen molar-refractivity contribution in [2.45, 2.75) is 19.3 Å². The number of non-ortho nitro benzene ring substituents is 1. The molecule has 5 nitrogen and oxygen atoms in total. The van der Waals surface area contributed by atoms with Gasteiger partial charge in [-0.1, -0.05) is 23.2 Å². The summed E-state index contributed by atoms with van der Waals surface area (Å²) in [5, 5.41) is 19.6. The van der Waals surface area contributed by atoms with Crippen LogP contribution < -0.4 is 4.74 Å². The van der Waals surface area contributed by atoms with E-state index in [1.165, 1.54) is 12.1 Å². The number of nitro groups is 1. The summed E-state index contributed by atoms with van der Waals surface area (Å²) in [5.41, 5.74) is -0.288. The lowest BCUT2D eigenvalue weighted by atomic mass is 10.1. The summed E-state index contributed by atoms with van der Waals surface area (Å²) in [4.78, 5) is 10.1. The van der Waals surface area contributed by atoms with Crippen LogP contribution in [0.4, 0.5) is 5.69 Å². The topological polar surface area (TPSA) is 76.2 Å². The molecule has 1 fully saturated rings. The van der Waals surface area contributed by atoms with Crippen LogP contribution in [0.5, 0.6) is 5.75 Å². The van der Waals surface area contributed by atoms with Gasteiger partial charge in [0, 0.05) is 24.0 Å². The number of benzene rings is 1. The van der Waals surface area contributed by atoms with Crippen molar-refractivity contribution in [2.24, 2.45) is 5.41 Å². The summed E-state index contributed by atoms with van der Waals surface area (Å²) in [6.45, 7) is 0.345. The van der Waals surface area contributed by atoms with Crippen LogP contribution in [0.3, 0.4) is 0 Å². The highest BCUT2D eigenvalue weighted by Crippen LogP contribution is 2.49. The van der Waals surface area contributed by atoms with Crippen molar-refractivity contribution < 1.29 is 9.66 Å². The minimum absolute atomic E-state index is 0.104. The van der Waals surface area contributed by atoms with Gasteiger partial charge in [0.05, 0.1) is 27.6 Å². The SMILES string of the molecule is N#CCC1(COc2c(Cl)cc([N+](=O)[O-])cc2Cl)CC1. The maximum Gasteiger partial charge on any atom is 0.272 e. The second-order valence-electron chi connectivity index (χ2n) is 4.62. The van der Waals surface area contributed by atoms with E-state index in [9.17, 15) is 10.1 Å². The molecule has 0 heterocycles. The van der Waals surface area contributed by atoms with Crippen LogP contribution in [-0.2, 0) is 0 Å². The van der Waals surface area contributed by atoms with E-state index < -0.39 is 4.92 Å². The van der Waals surface area contributed by atoms with Gasteiger partial charge in [-0.15, -0.1) is 0 Å². The number of hydrogen-bond donors (Lipinski definition) is 0. The Balaban J connectivity index is 2.13. The van der Waals surface area contributed by atoms with E-state index in [0.717, 1.165) is 12.8 Å². The van der Waals surface area contributed by atoms with Crippen LogP contribution in [0.1, 0.15) is 19.3 Å². The molecule has 1 aliphatic rings. The quantitative estimate of drug-likeness (QED) is 0.609. The Labute approximate surface area is 119 Å². The van der Waals surface area contributed by atoms with Crippen molar-refractivity contribution in [1.29, 1.82) is 5.26 Å². The van der Waals surface area contributed by atoms with Crippen LogP contribution in [-0.4, -0.2) is 11.5 Å². The van der Waals surface area contributed by atoms with E-state index in [1.807, 2.05) is 0 Å². The summed E-state index contributed by atoms with van der Waals surface area (Å²) in [6.07, 6.45) is 2.29. The molecule has 1 saturated carbocycles. The smallest absolute Gasteiger partial charge is 0.272 e. The van der Waals surface area contributed by atoms with Crippen LogP contribution in [0.25, 0.3) is 0 Å². The molecule has 0 atom stereocenters. The van der Waals surface area contributed by atoms with E-state index in [2.05, 4.69) is 6.07 Å². The van der Waals surface area contributed by atoms with Crippen molar-refractivity contribution in [3.8, 4) is 11.8 Å². The summed E-state index contributed by atoms with van der Waals surface area (Å²) >= 11 is 11.9. The average molecular weight is 301 g/mol. The fraction of sp³-hybridized carbons (Fsp3) is 0.417. The second-order valence-corrected chi connectivity index (χ2v) is 5.43. The first-order valence-corrected chi connectivity index (χ1v) is 6.36. The number of ether oxygens (including phenoxy) is 1. The molecule has 0 N–H and O–H groups in total. The van der Waals surface area contributed by atoms with Crippen molar-refractivity contribution >= 4 is 28.9 Å². The summed E-state index contributed by atoms with van der Waals surface area (Å²) < 4.78 is 5.54. The molecule has 7 heteroatoms. The van der Waals surface area contributed by atoms with Gasteiger partial charge in [0.2, 0.25) is 0 Å². The molecule has 0 radical (unpaired) electrons. The van der Waals surface area contributed by atoms with Crippen LogP contribution in [0, 0.1) is 26.9 Å². The zero-order chi connectivity index (χ0) is 14.0. The molecule has 1 aromatic rings. The highest BCUT2D eigenvalue weighted by molar-refractivity contribution is 6.37. The second kappa shape index (κ2) is 5.24.